The SMILES string of the molecule is COC(=O)C[C@H]1CC(=O)N[C@H]1C. The molecular formula is C8H13NO3. The Morgan fingerprint density at radius 1 is 1.75 bits per heavy atom. The number of hydrogen-bond acceptors (Lipinski definition) is 3. The third-order valence-electron chi connectivity index (χ3n) is 2.20. The van der Waals surface area contributed by atoms with Gasteiger partial charge in [0, 0.05) is 12.5 Å². The molecule has 1 N–H and O–H groups in total. The standard InChI is InChI=1S/C8H13NO3/c1-5-6(3-7(10)9-5)4-8(11)12-2/h5-6H,3-4H2,1-2H3,(H,9,10)/t5-,6+/m0/s1. The summed E-state index contributed by atoms with van der Waals surface area (Å²) >= 11 is 0. The Kier molecular flexibility index (Phi) is 2.68. The monoisotopic (exact) mass is 171 g/mol. The van der Waals surface area contributed by atoms with E-state index in [1.54, 1.807) is 0 Å². The third kappa shape index (κ3) is 1.96. The van der Waals surface area contributed by atoms with Crippen LogP contribution in [0.2, 0.25) is 0 Å². The molecule has 0 spiro atoms. The summed E-state index contributed by atoms with van der Waals surface area (Å²) < 4.78 is 4.52. The van der Waals surface area contributed by atoms with Crippen LogP contribution in [0.1, 0.15) is 19.8 Å². The molecule has 0 radical (unpaired) electrons. The maximum Gasteiger partial charge on any atom is 0.305 e. The summed E-state index contributed by atoms with van der Waals surface area (Å²) in [5.74, 6) is -0.121. The first kappa shape index (κ1) is 9.03. The van der Waals surface area contributed by atoms with Crippen molar-refractivity contribution in [2.75, 3.05) is 7.11 Å². The molecule has 0 bridgehead atoms. The fourth-order valence-corrected chi connectivity index (χ4v) is 1.39. The molecule has 0 unspecified atom stereocenters. The highest BCUT2D eigenvalue weighted by Gasteiger charge is 2.30. The van der Waals surface area contributed by atoms with Crippen LogP contribution in [0.25, 0.3) is 0 Å². The number of hydrogen-bond donors (Lipinski definition) is 1. The Labute approximate surface area is 71.3 Å². The zero-order chi connectivity index (χ0) is 9.14. The van der Waals surface area contributed by atoms with Gasteiger partial charge in [-0.05, 0) is 12.8 Å². The number of ether oxygens (including phenoxy) is 1. The van der Waals surface area contributed by atoms with Crippen molar-refractivity contribution in [1.29, 1.82) is 0 Å². The van der Waals surface area contributed by atoms with Gasteiger partial charge in [0.2, 0.25) is 5.91 Å². The molecule has 1 saturated heterocycles. The Balaban J connectivity index is 2.42. The highest BCUT2D eigenvalue weighted by Crippen LogP contribution is 2.19. The van der Waals surface area contributed by atoms with Crippen LogP contribution in [-0.2, 0) is 14.3 Å². The average Bonchev–Trinajstić information content (AvgIpc) is 2.30. The Morgan fingerprint density at radius 3 is 2.83 bits per heavy atom. The molecule has 68 valence electrons. The van der Waals surface area contributed by atoms with Gasteiger partial charge in [-0.25, -0.2) is 0 Å². The summed E-state index contributed by atoms with van der Waals surface area (Å²) in [6, 6.07) is 0.0941. The molecule has 0 saturated carbocycles. The van der Waals surface area contributed by atoms with E-state index in [0.29, 0.717) is 12.8 Å². The van der Waals surface area contributed by atoms with E-state index in [2.05, 4.69) is 10.1 Å². The Hall–Kier alpha value is -1.06. The largest absolute Gasteiger partial charge is 0.469 e. The van der Waals surface area contributed by atoms with Crippen LogP contribution >= 0.6 is 0 Å². The number of nitrogens with one attached hydrogen (secondary N) is 1. The van der Waals surface area contributed by atoms with E-state index >= 15 is 0 Å². The molecule has 4 nitrogen and oxygen atoms in total. The van der Waals surface area contributed by atoms with Crippen LogP contribution in [0.15, 0.2) is 0 Å². The van der Waals surface area contributed by atoms with Gasteiger partial charge in [0.15, 0.2) is 0 Å². The van der Waals surface area contributed by atoms with E-state index in [0.717, 1.165) is 0 Å². The van der Waals surface area contributed by atoms with Gasteiger partial charge in [-0.3, -0.25) is 9.59 Å². The van der Waals surface area contributed by atoms with Crippen molar-refractivity contribution in [3.63, 3.8) is 0 Å². The van der Waals surface area contributed by atoms with Gasteiger partial charge in [0.05, 0.1) is 13.5 Å². The highest BCUT2D eigenvalue weighted by molar-refractivity contribution is 5.80. The third-order valence-corrected chi connectivity index (χ3v) is 2.20. The second-order valence-corrected chi connectivity index (χ2v) is 3.10. The van der Waals surface area contributed by atoms with Crippen molar-refractivity contribution in [2.24, 2.45) is 5.92 Å². The summed E-state index contributed by atoms with van der Waals surface area (Å²) in [6.07, 6.45) is 0.771. The van der Waals surface area contributed by atoms with Gasteiger partial charge < -0.3 is 10.1 Å². The molecule has 12 heavy (non-hydrogen) atoms. The van der Waals surface area contributed by atoms with E-state index in [-0.39, 0.29) is 23.8 Å². The Morgan fingerprint density at radius 2 is 2.42 bits per heavy atom. The number of carbonyl (C=O) groups excluding carboxylic acids is 2. The molecule has 1 aliphatic rings. The topological polar surface area (TPSA) is 55.4 Å². The van der Waals surface area contributed by atoms with Crippen molar-refractivity contribution < 1.29 is 14.3 Å². The molecule has 1 aliphatic heterocycles. The smallest absolute Gasteiger partial charge is 0.305 e. The molecule has 0 aliphatic carbocycles. The van der Waals surface area contributed by atoms with Gasteiger partial charge in [-0.2, -0.15) is 0 Å². The summed E-state index contributed by atoms with van der Waals surface area (Å²) in [7, 11) is 1.36. The molecule has 1 rings (SSSR count). The zero-order valence-electron chi connectivity index (χ0n) is 7.29. The predicted molar refractivity (Wildman–Crippen MR) is 42.3 cm³/mol. The summed E-state index contributed by atoms with van der Waals surface area (Å²) in [5.41, 5.74) is 0. The lowest BCUT2D eigenvalue weighted by atomic mass is 9.98. The molecule has 4 heteroatoms. The molecule has 1 fully saturated rings. The molecule has 0 aromatic rings. The van der Waals surface area contributed by atoms with Crippen LogP contribution in [0.4, 0.5) is 0 Å². The van der Waals surface area contributed by atoms with Crippen molar-refractivity contribution >= 4 is 11.9 Å². The molecule has 2 atom stereocenters. The van der Waals surface area contributed by atoms with E-state index in [1.165, 1.54) is 7.11 Å². The van der Waals surface area contributed by atoms with E-state index in [9.17, 15) is 9.59 Å². The van der Waals surface area contributed by atoms with Crippen LogP contribution in [0, 0.1) is 5.92 Å². The van der Waals surface area contributed by atoms with Gasteiger partial charge >= 0.3 is 5.97 Å². The Bertz CT molecular complexity index is 202. The quantitative estimate of drug-likeness (QED) is 0.598. The number of amides is 1. The first-order valence-electron chi connectivity index (χ1n) is 3.99. The van der Waals surface area contributed by atoms with Crippen LogP contribution in [0.5, 0.6) is 0 Å². The van der Waals surface area contributed by atoms with Gasteiger partial charge in [0.1, 0.15) is 0 Å². The first-order chi connectivity index (χ1) is 5.63. The van der Waals surface area contributed by atoms with Gasteiger partial charge in [-0.15, -0.1) is 0 Å². The lowest BCUT2D eigenvalue weighted by molar-refractivity contribution is -0.141. The minimum Gasteiger partial charge on any atom is -0.469 e. The zero-order valence-corrected chi connectivity index (χ0v) is 7.29. The van der Waals surface area contributed by atoms with Gasteiger partial charge in [-0.1, -0.05) is 0 Å². The van der Waals surface area contributed by atoms with Crippen molar-refractivity contribution in [3.8, 4) is 0 Å². The maximum absolute atomic E-state index is 10.9. The first-order valence-corrected chi connectivity index (χ1v) is 3.99. The van der Waals surface area contributed by atoms with E-state index in [1.807, 2.05) is 6.92 Å². The summed E-state index contributed by atoms with van der Waals surface area (Å²) in [6.45, 7) is 1.90. The van der Waals surface area contributed by atoms with Gasteiger partial charge in [0.25, 0.3) is 0 Å². The summed E-state index contributed by atoms with van der Waals surface area (Å²) in [5, 5.41) is 2.75. The normalized spacial score (nSPS) is 28.3. The molecule has 0 aromatic carbocycles. The van der Waals surface area contributed by atoms with E-state index < -0.39 is 0 Å². The lowest BCUT2D eigenvalue weighted by Gasteiger charge is -2.11. The minimum absolute atomic E-state index is 0.0244. The predicted octanol–water partition coefficient (Wildman–Crippen LogP) is 0.0741. The van der Waals surface area contributed by atoms with Crippen molar-refractivity contribution in [3.05, 3.63) is 0 Å². The average molecular weight is 171 g/mol. The van der Waals surface area contributed by atoms with E-state index in [4.69, 9.17) is 0 Å². The fourth-order valence-electron chi connectivity index (χ4n) is 1.39. The maximum atomic E-state index is 10.9. The number of esters is 1. The second kappa shape index (κ2) is 3.56. The minimum atomic E-state index is -0.247. The second-order valence-electron chi connectivity index (χ2n) is 3.10. The molecule has 1 heterocycles. The molecular weight excluding hydrogens is 158 g/mol. The molecule has 0 aromatic heterocycles. The van der Waals surface area contributed by atoms with Crippen LogP contribution < -0.4 is 5.32 Å². The van der Waals surface area contributed by atoms with Crippen LogP contribution in [0.3, 0.4) is 0 Å². The lowest BCUT2D eigenvalue weighted by Crippen LogP contribution is -2.26. The van der Waals surface area contributed by atoms with Crippen LogP contribution in [-0.4, -0.2) is 25.0 Å². The highest BCUT2D eigenvalue weighted by atomic mass is 16.5. The number of rotatable bonds is 2. The van der Waals surface area contributed by atoms with Crippen molar-refractivity contribution in [1.82, 2.24) is 5.32 Å². The number of carbonyl (C=O) groups is 2. The molecule has 1 amide bonds. The summed E-state index contributed by atoms with van der Waals surface area (Å²) in [4.78, 5) is 21.7. The fraction of sp³-hybridized carbons (Fsp3) is 0.750. The van der Waals surface area contributed by atoms with Crippen molar-refractivity contribution in [2.45, 2.75) is 25.8 Å². The number of methoxy groups -OCH3 is 1.